The van der Waals surface area contributed by atoms with Crippen LogP contribution in [0.2, 0.25) is 0 Å². The molecule has 0 amide bonds. The van der Waals surface area contributed by atoms with Crippen molar-refractivity contribution >= 4 is 22.7 Å². The fourth-order valence-corrected chi connectivity index (χ4v) is 1.63. The van der Waals surface area contributed by atoms with E-state index in [0.717, 1.165) is 22.2 Å². The number of benzene rings is 1. The van der Waals surface area contributed by atoms with Gasteiger partial charge in [0, 0.05) is 17.1 Å². The van der Waals surface area contributed by atoms with Gasteiger partial charge < -0.3 is 4.84 Å². The zero-order valence-corrected chi connectivity index (χ0v) is 7.40. The van der Waals surface area contributed by atoms with Crippen molar-refractivity contribution in [1.82, 2.24) is 4.98 Å². The number of nitrogens with zero attached hydrogens (tertiary/aromatic N) is 1. The van der Waals surface area contributed by atoms with Crippen LogP contribution in [0.5, 0.6) is 0 Å². The third-order valence-electron chi connectivity index (χ3n) is 2.29. The Kier molecular flexibility index (Phi) is 1.44. The molecule has 0 bridgehead atoms. The zero-order chi connectivity index (χ0) is 9.38. The highest BCUT2D eigenvalue weighted by molar-refractivity contribution is 5.93. The molecule has 3 heteroatoms. The Balaban J connectivity index is 2.42. The van der Waals surface area contributed by atoms with Gasteiger partial charge in [-0.1, -0.05) is 12.1 Å². The van der Waals surface area contributed by atoms with E-state index in [2.05, 4.69) is 10.5 Å². The van der Waals surface area contributed by atoms with Gasteiger partial charge in [-0.3, -0.25) is 4.98 Å². The van der Waals surface area contributed by atoms with E-state index in [4.69, 9.17) is 4.84 Å². The van der Waals surface area contributed by atoms with Crippen molar-refractivity contribution in [3.8, 4) is 0 Å². The quantitative estimate of drug-likeness (QED) is 0.683. The lowest BCUT2D eigenvalue weighted by Crippen LogP contribution is -2.02. The number of nitrogens with one attached hydrogen (secondary N) is 1. The van der Waals surface area contributed by atoms with Crippen LogP contribution in [0.4, 0.5) is 5.69 Å². The molecule has 14 heavy (non-hydrogen) atoms. The van der Waals surface area contributed by atoms with E-state index in [1.54, 1.807) is 12.5 Å². The highest BCUT2D eigenvalue weighted by Crippen LogP contribution is 2.27. The number of aromatic nitrogens is 1. The van der Waals surface area contributed by atoms with Crippen LogP contribution in [-0.2, 0) is 4.84 Å². The molecule has 0 unspecified atom stereocenters. The van der Waals surface area contributed by atoms with Gasteiger partial charge in [-0.15, -0.1) is 0 Å². The molecular formula is C11H8N2O. The summed E-state index contributed by atoms with van der Waals surface area (Å²) in [5, 5.41) is 1.14. The van der Waals surface area contributed by atoms with Gasteiger partial charge in [0.1, 0.15) is 6.26 Å². The Morgan fingerprint density at radius 3 is 3.21 bits per heavy atom. The number of anilines is 1. The van der Waals surface area contributed by atoms with Crippen molar-refractivity contribution < 1.29 is 4.84 Å². The van der Waals surface area contributed by atoms with E-state index >= 15 is 0 Å². The van der Waals surface area contributed by atoms with Gasteiger partial charge in [0.05, 0.1) is 11.2 Å². The van der Waals surface area contributed by atoms with Gasteiger partial charge in [0.15, 0.2) is 0 Å². The van der Waals surface area contributed by atoms with Crippen molar-refractivity contribution in [2.75, 3.05) is 5.48 Å². The normalized spacial score (nSPS) is 13.1. The summed E-state index contributed by atoms with van der Waals surface area (Å²) in [7, 11) is 0. The first kappa shape index (κ1) is 7.38. The summed E-state index contributed by atoms with van der Waals surface area (Å²) in [4.78, 5) is 9.33. The number of rotatable bonds is 0. The second kappa shape index (κ2) is 2.73. The van der Waals surface area contributed by atoms with Gasteiger partial charge in [0.25, 0.3) is 0 Å². The van der Waals surface area contributed by atoms with Crippen LogP contribution in [0.3, 0.4) is 0 Å². The minimum atomic E-state index is 0.957. The summed E-state index contributed by atoms with van der Waals surface area (Å²) in [6.07, 6.45) is 5.34. The van der Waals surface area contributed by atoms with Crippen LogP contribution in [0.15, 0.2) is 36.7 Å². The molecule has 0 fully saturated rings. The number of hydrogen-bond acceptors (Lipinski definition) is 3. The Morgan fingerprint density at radius 2 is 2.21 bits per heavy atom. The summed E-state index contributed by atoms with van der Waals surface area (Å²) in [5.74, 6) is 0. The van der Waals surface area contributed by atoms with Crippen LogP contribution < -0.4 is 5.48 Å². The molecule has 3 rings (SSSR count). The second-order valence-electron chi connectivity index (χ2n) is 3.12. The number of pyridine rings is 1. The SMILES string of the molecule is C1=Cc2c(ccc3cccnc23)NO1. The molecule has 1 aromatic carbocycles. The Labute approximate surface area is 81.0 Å². The zero-order valence-electron chi connectivity index (χ0n) is 7.40. The topological polar surface area (TPSA) is 34.2 Å². The highest BCUT2D eigenvalue weighted by Gasteiger charge is 2.08. The lowest BCUT2D eigenvalue weighted by atomic mass is 10.1. The molecule has 1 aliphatic heterocycles. The van der Waals surface area contributed by atoms with Crippen molar-refractivity contribution in [3.63, 3.8) is 0 Å². The van der Waals surface area contributed by atoms with E-state index in [1.165, 1.54) is 0 Å². The number of hydrogen-bond donors (Lipinski definition) is 1. The first-order valence-electron chi connectivity index (χ1n) is 4.41. The third kappa shape index (κ3) is 0.956. The fourth-order valence-electron chi connectivity index (χ4n) is 1.63. The van der Waals surface area contributed by atoms with Gasteiger partial charge in [-0.25, -0.2) is 5.48 Å². The van der Waals surface area contributed by atoms with E-state index in [1.807, 2.05) is 30.3 Å². The van der Waals surface area contributed by atoms with E-state index in [9.17, 15) is 0 Å². The summed E-state index contributed by atoms with van der Waals surface area (Å²) >= 11 is 0. The molecule has 68 valence electrons. The molecule has 0 saturated heterocycles. The van der Waals surface area contributed by atoms with Crippen molar-refractivity contribution in [3.05, 3.63) is 42.3 Å². The average molecular weight is 184 g/mol. The minimum Gasteiger partial charge on any atom is -0.390 e. The maximum absolute atomic E-state index is 4.99. The molecular weight excluding hydrogens is 176 g/mol. The fraction of sp³-hybridized carbons (Fsp3) is 0. The molecule has 0 atom stereocenters. The maximum Gasteiger partial charge on any atom is 0.119 e. The highest BCUT2D eigenvalue weighted by atomic mass is 16.6. The Hall–Kier alpha value is -2.03. The lowest BCUT2D eigenvalue weighted by molar-refractivity contribution is 0.329. The standard InChI is InChI=1S/C11H8N2O/c1-2-8-3-4-10-9(5-7-14-13-10)11(8)12-6-1/h1-7,13H. The van der Waals surface area contributed by atoms with Crippen LogP contribution in [0.25, 0.3) is 17.0 Å². The predicted octanol–water partition coefficient (Wildman–Crippen LogP) is 2.56. The molecule has 2 heterocycles. The summed E-state index contributed by atoms with van der Waals surface area (Å²) in [5.41, 5.74) is 5.86. The predicted molar refractivity (Wildman–Crippen MR) is 55.5 cm³/mol. The summed E-state index contributed by atoms with van der Waals surface area (Å²) in [6, 6.07) is 8.00. The summed E-state index contributed by atoms with van der Waals surface area (Å²) < 4.78 is 0. The monoisotopic (exact) mass is 184 g/mol. The third-order valence-corrected chi connectivity index (χ3v) is 2.29. The van der Waals surface area contributed by atoms with Gasteiger partial charge >= 0.3 is 0 Å². The molecule has 0 radical (unpaired) electrons. The Morgan fingerprint density at radius 1 is 1.21 bits per heavy atom. The molecule has 0 aliphatic carbocycles. The Bertz CT molecular complexity index is 520. The smallest absolute Gasteiger partial charge is 0.119 e. The largest absolute Gasteiger partial charge is 0.390 e. The molecule has 0 spiro atoms. The lowest BCUT2D eigenvalue weighted by Gasteiger charge is -2.14. The molecule has 3 nitrogen and oxygen atoms in total. The van der Waals surface area contributed by atoms with Crippen LogP contribution >= 0.6 is 0 Å². The van der Waals surface area contributed by atoms with Crippen LogP contribution in [0, 0.1) is 0 Å². The molecule has 1 aliphatic rings. The van der Waals surface area contributed by atoms with Crippen molar-refractivity contribution in [2.45, 2.75) is 0 Å². The van der Waals surface area contributed by atoms with Crippen molar-refractivity contribution in [1.29, 1.82) is 0 Å². The maximum atomic E-state index is 4.99. The summed E-state index contributed by atoms with van der Waals surface area (Å²) in [6.45, 7) is 0. The van der Waals surface area contributed by atoms with E-state index in [-0.39, 0.29) is 0 Å². The molecule has 1 aromatic heterocycles. The van der Waals surface area contributed by atoms with Crippen LogP contribution in [0.1, 0.15) is 5.56 Å². The van der Waals surface area contributed by atoms with Crippen LogP contribution in [-0.4, -0.2) is 4.98 Å². The van der Waals surface area contributed by atoms with Crippen molar-refractivity contribution in [2.24, 2.45) is 0 Å². The minimum absolute atomic E-state index is 0.957. The molecule has 2 aromatic rings. The number of fused-ring (bicyclic) bond motifs is 3. The van der Waals surface area contributed by atoms with Gasteiger partial charge in [0.2, 0.25) is 0 Å². The van der Waals surface area contributed by atoms with E-state index in [0.29, 0.717) is 0 Å². The average Bonchev–Trinajstić information content (AvgIpc) is 2.29. The van der Waals surface area contributed by atoms with Gasteiger partial charge in [-0.2, -0.15) is 0 Å². The first-order valence-corrected chi connectivity index (χ1v) is 4.41. The second-order valence-corrected chi connectivity index (χ2v) is 3.12. The first-order chi connectivity index (χ1) is 6.95. The van der Waals surface area contributed by atoms with E-state index < -0.39 is 0 Å². The van der Waals surface area contributed by atoms with Gasteiger partial charge in [-0.05, 0) is 18.2 Å². The molecule has 1 N–H and O–H groups in total. The molecule has 0 saturated carbocycles.